The van der Waals surface area contributed by atoms with Crippen molar-refractivity contribution in [3.05, 3.63) is 45.9 Å². The van der Waals surface area contributed by atoms with Gasteiger partial charge in [0, 0.05) is 5.38 Å². The first kappa shape index (κ1) is 13.5. The van der Waals surface area contributed by atoms with E-state index in [4.69, 9.17) is 4.74 Å². The number of hydrogen-bond acceptors (Lipinski definition) is 4. The van der Waals surface area contributed by atoms with Crippen LogP contribution < -0.4 is 4.74 Å². The van der Waals surface area contributed by atoms with Crippen LogP contribution in [0.5, 0.6) is 5.75 Å². The number of carbonyl (C=O) groups excluding carboxylic acids is 1. The van der Waals surface area contributed by atoms with Crippen molar-refractivity contribution in [2.75, 3.05) is 0 Å². The summed E-state index contributed by atoms with van der Waals surface area (Å²) in [5, 5.41) is 2.08. The first-order valence-corrected chi connectivity index (χ1v) is 6.06. The molecule has 1 heterocycles. The van der Waals surface area contributed by atoms with E-state index in [0.717, 1.165) is 12.1 Å². The third-order valence-electron chi connectivity index (χ3n) is 2.21. The average molecular weight is 287 g/mol. The highest BCUT2D eigenvalue weighted by atomic mass is 32.1. The lowest BCUT2D eigenvalue weighted by Crippen LogP contribution is -2.05. The molecule has 1 aromatic heterocycles. The summed E-state index contributed by atoms with van der Waals surface area (Å²) in [5.41, 5.74) is -0.481. The normalized spacial score (nSPS) is 11.3. The van der Waals surface area contributed by atoms with Crippen molar-refractivity contribution in [3.8, 4) is 5.75 Å². The van der Waals surface area contributed by atoms with Crippen LogP contribution in [0.4, 0.5) is 13.2 Å². The minimum absolute atomic E-state index is 0.0276. The largest absolute Gasteiger partial charge is 0.486 e. The molecule has 0 unspecified atom stereocenters. The van der Waals surface area contributed by atoms with Crippen LogP contribution in [0.15, 0.2) is 29.6 Å². The molecule has 100 valence electrons. The van der Waals surface area contributed by atoms with E-state index in [1.165, 1.54) is 23.5 Å². The van der Waals surface area contributed by atoms with E-state index in [1.807, 2.05) is 0 Å². The van der Waals surface area contributed by atoms with Gasteiger partial charge < -0.3 is 4.74 Å². The zero-order valence-corrected chi connectivity index (χ0v) is 10.3. The van der Waals surface area contributed by atoms with E-state index in [9.17, 15) is 18.0 Å². The summed E-state index contributed by atoms with van der Waals surface area (Å²) in [6, 6.07) is 4.61. The number of carbonyl (C=O) groups is 1. The zero-order chi connectivity index (χ0) is 13.9. The lowest BCUT2D eigenvalue weighted by atomic mass is 10.2. The highest BCUT2D eigenvalue weighted by Crippen LogP contribution is 2.31. The van der Waals surface area contributed by atoms with E-state index in [2.05, 4.69) is 4.98 Å². The molecule has 0 aliphatic rings. The molecule has 0 bridgehead atoms. The Morgan fingerprint density at radius 1 is 1.37 bits per heavy atom. The molecular formula is C12H8F3NO2S. The summed E-state index contributed by atoms with van der Waals surface area (Å²) in [6.07, 6.45) is -3.80. The fraction of sp³-hybridized carbons (Fsp3) is 0.167. The molecule has 1 aromatic carbocycles. The summed E-state index contributed by atoms with van der Waals surface area (Å²) >= 11 is 1.21. The van der Waals surface area contributed by atoms with Gasteiger partial charge in [-0.15, -0.1) is 11.3 Å². The van der Waals surface area contributed by atoms with Crippen LogP contribution in [0.1, 0.15) is 21.1 Å². The molecular weight excluding hydrogens is 279 g/mol. The van der Waals surface area contributed by atoms with Crippen LogP contribution in [0.25, 0.3) is 0 Å². The van der Waals surface area contributed by atoms with Gasteiger partial charge in [-0.3, -0.25) is 4.79 Å². The molecule has 0 N–H and O–H groups in total. The highest BCUT2D eigenvalue weighted by Gasteiger charge is 2.30. The first-order valence-electron chi connectivity index (χ1n) is 5.18. The molecule has 0 amide bonds. The molecule has 3 nitrogen and oxygen atoms in total. The van der Waals surface area contributed by atoms with Crippen LogP contribution in [0.2, 0.25) is 0 Å². The van der Waals surface area contributed by atoms with E-state index in [0.29, 0.717) is 11.3 Å². The Morgan fingerprint density at radius 3 is 2.79 bits per heavy atom. The second-order valence-electron chi connectivity index (χ2n) is 3.60. The van der Waals surface area contributed by atoms with Crippen molar-refractivity contribution in [2.45, 2.75) is 12.8 Å². The highest BCUT2D eigenvalue weighted by molar-refractivity contribution is 7.09. The number of hydrogen-bond donors (Lipinski definition) is 0. The van der Waals surface area contributed by atoms with Crippen molar-refractivity contribution < 1.29 is 22.7 Å². The number of alkyl halides is 3. The number of halogens is 3. The van der Waals surface area contributed by atoms with Gasteiger partial charge in [-0.25, -0.2) is 4.98 Å². The Kier molecular flexibility index (Phi) is 3.84. The van der Waals surface area contributed by atoms with Gasteiger partial charge in [0.15, 0.2) is 6.29 Å². The molecule has 0 fully saturated rings. The monoisotopic (exact) mass is 287 g/mol. The fourth-order valence-electron chi connectivity index (χ4n) is 1.35. The van der Waals surface area contributed by atoms with Crippen molar-refractivity contribution in [2.24, 2.45) is 0 Å². The van der Waals surface area contributed by atoms with Gasteiger partial charge in [-0.1, -0.05) is 6.07 Å². The summed E-state index contributed by atoms with van der Waals surface area (Å²) in [5.74, 6) is 0.109. The SMILES string of the molecule is O=Cc1csc(COc2cccc(C(F)(F)F)c2)n1. The predicted molar refractivity (Wildman–Crippen MR) is 63.3 cm³/mol. The van der Waals surface area contributed by atoms with Gasteiger partial charge in [0.2, 0.25) is 0 Å². The second-order valence-corrected chi connectivity index (χ2v) is 4.54. The average Bonchev–Trinajstić information content (AvgIpc) is 2.84. The van der Waals surface area contributed by atoms with Gasteiger partial charge in [0.1, 0.15) is 23.1 Å². The smallest absolute Gasteiger partial charge is 0.416 e. The Bertz CT molecular complexity index is 580. The summed E-state index contributed by atoms with van der Waals surface area (Å²) < 4.78 is 42.6. The molecule has 0 saturated carbocycles. The Morgan fingerprint density at radius 2 is 2.16 bits per heavy atom. The minimum atomic E-state index is -4.40. The maximum absolute atomic E-state index is 12.5. The number of aromatic nitrogens is 1. The Labute approximate surface area is 110 Å². The summed E-state index contributed by atoms with van der Waals surface area (Å²) in [4.78, 5) is 14.3. The van der Waals surface area contributed by atoms with Crippen molar-refractivity contribution in [1.29, 1.82) is 0 Å². The molecule has 0 spiro atoms. The molecule has 7 heteroatoms. The Balaban J connectivity index is 2.05. The topological polar surface area (TPSA) is 39.2 Å². The van der Waals surface area contributed by atoms with E-state index in [1.54, 1.807) is 5.38 Å². The van der Waals surface area contributed by atoms with Crippen LogP contribution in [0.3, 0.4) is 0 Å². The number of benzene rings is 1. The number of thiazole rings is 1. The van der Waals surface area contributed by atoms with Gasteiger partial charge in [-0.05, 0) is 18.2 Å². The third-order valence-corrected chi connectivity index (χ3v) is 3.05. The van der Waals surface area contributed by atoms with Crippen LogP contribution in [0, 0.1) is 0 Å². The van der Waals surface area contributed by atoms with Gasteiger partial charge >= 0.3 is 6.18 Å². The van der Waals surface area contributed by atoms with Crippen molar-refractivity contribution in [1.82, 2.24) is 4.98 Å². The second kappa shape index (κ2) is 5.40. The summed E-state index contributed by atoms with van der Waals surface area (Å²) in [6.45, 7) is 0.0276. The summed E-state index contributed by atoms with van der Waals surface area (Å²) in [7, 11) is 0. The van der Waals surface area contributed by atoms with Gasteiger partial charge in [-0.2, -0.15) is 13.2 Å². The van der Waals surface area contributed by atoms with Crippen LogP contribution in [-0.4, -0.2) is 11.3 Å². The molecule has 0 aliphatic carbocycles. The van der Waals surface area contributed by atoms with Gasteiger partial charge in [0.05, 0.1) is 5.56 Å². The van der Waals surface area contributed by atoms with Crippen LogP contribution >= 0.6 is 11.3 Å². The van der Waals surface area contributed by atoms with Crippen LogP contribution in [-0.2, 0) is 12.8 Å². The lowest BCUT2D eigenvalue weighted by molar-refractivity contribution is -0.137. The Hall–Kier alpha value is -1.89. The lowest BCUT2D eigenvalue weighted by Gasteiger charge is -2.09. The molecule has 0 aliphatic heterocycles. The molecule has 19 heavy (non-hydrogen) atoms. The van der Waals surface area contributed by atoms with Crippen molar-refractivity contribution in [3.63, 3.8) is 0 Å². The molecule has 2 rings (SSSR count). The quantitative estimate of drug-likeness (QED) is 0.807. The maximum atomic E-state index is 12.5. The third kappa shape index (κ3) is 3.54. The van der Waals surface area contributed by atoms with E-state index in [-0.39, 0.29) is 18.1 Å². The van der Waals surface area contributed by atoms with Crippen molar-refractivity contribution >= 4 is 17.6 Å². The zero-order valence-electron chi connectivity index (χ0n) is 9.48. The molecule has 0 saturated heterocycles. The minimum Gasteiger partial charge on any atom is -0.486 e. The number of ether oxygens (including phenoxy) is 1. The number of rotatable bonds is 4. The van der Waals surface area contributed by atoms with E-state index < -0.39 is 11.7 Å². The standard InChI is InChI=1S/C12H8F3NO2S/c13-12(14,15)8-2-1-3-10(4-8)18-6-11-16-9(5-17)7-19-11/h1-5,7H,6H2. The number of nitrogens with zero attached hydrogens (tertiary/aromatic N) is 1. The van der Waals surface area contributed by atoms with Gasteiger partial charge in [0.25, 0.3) is 0 Å². The maximum Gasteiger partial charge on any atom is 0.416 e. The van der Waals surface area contributed by atoms with E-state index >= 15 is 0 Å². The molecule has 0 atom stereocenters. The molecule has 0 radical (unpaired) electrons. The number of aldehydes is 1. The molecule has 2 aromatic rings. The predicted octanol–water partition coefficient (Wildman–Crippen LogP) is 3.55. The first-order chi connectivity index (χ1) is 8.99. The fourth-order valence-corrected chi connectivity index (χ4v) is 2.00.